The molecule has 0 bridgehead atoms. The number of pyridine rings is 1. The van der Waals surface area contributed by atoms with Crippen LogP contribution >= 0.6 is 0 Å². The van der Waals surface area contributed by atoms with Gasteiger partial charge in [0.15, 0.2) is 0 Å². The first-order chi connectivity index (χ1) is 11.9. The normalized spacial score (nSPS) is 11.3. The Morgan fingerprint density at radius 3 is 2.12 bits per heavy atom. The van der Waals surface area contributed by atoms with Gasteiger partial charge in [-0.25, -0.2) is 4.98 Å². The molecular weight excluding hydrogens is 294 g/mol. The number of benzene rings is 3. The van der Waals surface area contributed by atoms with Crippen LogP contribution in [0.25, 0.3) is 32.7 Å². The molecule has 0 fully saturated rings. The third-order valence-electron chi connectivity index (χ3n) is 4.44. The maximum absolute atomic E-state index is 4.79. The lowest BCUT2D eigenvalue weighted by Crippen LogP contribution is -1.95. The van der Waals surface area contributed by atoms with Crippen LogP contribution in [0.2, 0.25) is 0 Å². The van der Waals surface area contributed by atoms with Gasteiger partial charge in [0.25, 0.3) is 0 Å². The molecule has 0 atom stereocenters. The number of hydrogen-bond donors (Lipinski definition) is 2. The molecular formula is C21H15N3. The van der Waals surface area contributed by atoms with Crippen molar-refractivity contribution in [3.05, 3.63) is 79.0 Å². The van der Waals surface area contributed by atoms with Crippen molar-refractivity contribution in [3.8, 4) is 0 Å². The summed E-state index contributed by atoms with van der Waals surface area (Å²) in [4.78, 5) is 8.05. The molecule has 3 nitrogen and oxygen atoms in total. The Labute approximate surface area is 139 Å². The van der Waals surface area contributed by atoms with E-state index in [1.54, 1.807) is 0 Å². The van der Waals surface area contributed by atoms with Gasteiger partial charge >= 0.3 is 0 Å². The summed E-state index contributed by atoms with van der Waals surface area (Å²) in [5.41, 5.74) is 5.32. The summed E-state index contributed by atoms with van der Waals surface area (Å²) in [5.74, 6) is 0. The molecule has 0 spiro atoms. The Bertz CT molecular complexity index is 1130. The van der Waals surface area contributed by atoms with Crippen LogP contribution in [-0.2, 0) is 0 Å². The lowest BCUT2D eigenvalue weighted by Gasteiger charge is -2.14. The van der Waals surface area contributed by atoms with Crippen LogP contribution in [0, 0.1) is 0 Å². The Kier molecular flexibility index (Phi) is 2.79. The molecule has 0 amide bonds. The maximum Gasteiger partial charge on any atom is 0.0730 e. The van der Waals surface area contributed by atoms with Crippen molar-refractivity contribution in [2.24, 2.45) is 0 Å². The second-order valence-electron chi connectivity index (χ2n) is 5.89. The van der Waals surface area contributed by atoms with Gasteiger partial charge in [0.2, 0.25) is 0 Å². The summed E-state index contributed by atoms with van der Waals surface area (Å²) in [6.45, 7) is 0. The number of H-pyrrole nitrogens is 1. The molecule has 2 heterocycles. The van der Waals surface area contributed by atoms with Gasteiger partial charge in [-0.2, -0.15) is 0 Å². The minimum absolute atomic E-state index is 1.000. The molecule has 5 aromatic rings. The van der Waals surface area contributed by atoms with E-state index >= 15 is 0 Å². The number of anilines is 2. The molecule has 114 valence electrons. The summed E-state index contributed by atoms with van der Waals surface area (Å²) in [5, 5.41) is 7.10. The highest BCUT2D eigenvalue weighted by atomic mass is 14.9. The SMILES string of the molecule is c1ccc2c(Nc3cccc4[nH]ccc34)c3ccccc3nc2c1. The van der Waals surface area contributed by atoms with E-state index in [0.717, 1.165) is 38.7 Å². The molecule has 0 radical (unpaired) electrons. The third-order valence-corrected chi connectivity index (χ3v) is 4.44. The molecule has 5 rings (SSSR count). The van der Waals surface area contributed by atoms with Crippen molar-refractivity contribution in [1.82, 2.24) is 9.97 Å². The van der Waals surface area contributed by atoms with Gasteiger partial charge in [-0.05, 0) is 30.3 Å². The average Bonchev–Trinajstić information content (AvgIpc) is 3.11. The summed E-state index contributed by atoms with van der Waals surface area (Å²) in [7, 11) is 0. The first-order valence-corrected chi connectivity index (χ1v) is 8.01. The Balaban J connectivity index is 1.82. The molecule has 0 aliphatic rings. The van der Waals surface area contributed by atoms with E-state index in [9.17, 15) is 0 Å². The second-order valence-corrected chi connectivity index (χ2v) is 5.89. The van der Waals surface area contributed by atoms with Gasteiger partial charge in [0, 0.05) is 33.6 Å². The molecule has 3 heteroatoms. The van der Waals surface area contributed by atoms with E-state index in [1.807, 2.05) is 18.3 Å². The van der Waals surface area contributed by atoms with Crippen LogP contribution in [0.3, 0.4) is 0 Å². The average molecular weight is 309 g/mol. The number of fused-ring (bicyclic) bond motifs is 3. The number of nitrogens with one attached hydrogen (secondary N) is 2. The second kappa shape index (κ2) is 5.10. The first-order valence-electron chi connectivity index (χ1n) is 8.01. The van der Waals surface area contributed by atoms with Crippen molar-refractivity contribution in [2.45, 2.75) is 0 Å². The zero-order chi connectivity index (χ0) is 15.9. The van der Waals surface area contributed by atoms with E-state index in [4.69, 9.17) is 4.98 Å². The predicted molar refractivity (Wildman–Crippen MR) is 101 cm³/mol. The number of aromatic amines is 1. The van der Waals surface area contributed by atoms with Crippen LogP contribution in [0.4, 0.5) is 11.4 Å². The molecule has 0 unspecified atom stereocenters. The molecule has 3 aromatic carbocycles. The molecule has 2 aromatic heterocycles. The van der Waals surface area contributed by atoms with E-state index in [0.29, 0.717) is 0 Å². The highest BCUT2D eigenvalue weighted by Gasteiger charge is 2.10. The van der Waals surface area contributed by atoms with Crippen LogP contribution in [0.15, 0.2) is 79.0 Å². The first kappa shape index (κ1) is 13.1. The van der Waals surface area contributed by atoms with Gasteiger partial charge in [-0.15, -0.1) is 0 Å². The summed E-state index contributed by atoms with van der Waals surface area (Å²) in [6, 6.07) is 24.9. The Morgan fingerprint density at radius 2 is 1.38 bits per heavy atom. The van der Waals surface area contributed by atoms with Gasteiger partial charge < -0.3 is 10.3 Å². The molecule has 0 aliphatic heterocycles. The van der Waals surface area contributed by atoms with Gasteiger partial charge in [-0.1, -0.05) is 42.5 Å². The zero-order valence-corrected chi connectivity index (χ0v) is 13.0. The number of aromatic nitrogens is 2. The minimum atomic E-state index is 1.000. The maximum atomic E-state index is 4.79. The van der Waals surface area contributed by atoms with Crippen LogP contribution in [0.1, 0.15) is 0 Å². The lowest BCUT2D eigenvalue weighted by molar-refractivity contribution is 1.47. The van der Waals surface area contributed by atoms with Crippen LogP contribution in [0.5, 0.6) is 0 Å². The number of para-hydroxylation sites is 2. The summed E-state index contributed by atoms with van der Waals surface area (Å²) < 4.78 is 0. The largest absolute Gasteiger partial charge is 0.361 e. The molecule has 0 saturated carbocycles. The summed E-state index contributed by atoms with van der Waals surface area (Å²) in [6.07, 6.45) is 1.97. The monoisotopic (exact) mass is 309 g/mol. The highest BCUT2D eigenvalue weighted by molar-refractivity contribution is 6.10. The fraction of sp³-hybridized carbons (Fsp3) is 0. The van der Waals surface area contributed by atoms with Crippen LogP contribution in [-0.4, -0.2) is 9.97 Å². The van der Waals surface area contributed by atoms with Crippen molar-refractivity contribution in [1.29, 1.82) is 0 Å². The molecule has 24 heavy (non-hydrogen) atoms. The highest BCUT2D eigenvalue weighted by Crippen LogP contribution is 2.34. The number of rotatable bonds is 2. The third kappa shape index (κ3) is 1.95. The standard InChI is InChI=1S/C21H15N3/c1-3-8-19-15(6-1)21(16-7-2-4-9-20(16)23-19)24-18-11-5-10-17-14(18)12-13-22-17/h1-13,22H,(H,23,24). The molecule has 2 N–H and O–H groups in total. The predicted octanol–water partition coefficient (Wildman–Crippen LogP) is 5.61. The van der Waals surface area contributed by atoms with Gasteiger partial charge in [0.1, 0.15) is 0 Å². The van der Waals surface area contributed by atoms with Crippen LogP contribution < -0.4 is 5.32 Å². The zero-order valence-electron chi connectivity index (χ0n) is 13.0. The minimum Gasteiger partial charge on any atom is -0.361 e. The summed E-state index contributed by atoms with van der Waals surface area (Å²) >= 11 is 0. The van der Waals surface area contributed by atoms with Gasteiger partial charge in [-0.3, -0.25) is 0 Å². The van der Waals surface area contributed by atoms with E-state index < -0.39 is 0 Å². The van der Waals surface area contributed by atoms with E-state index in [1.165, 1.54) is 5.39 Å². The number of hydrogen-bond acceptors (Lipinski definition) is 2. The van der Waals surface area contributed by atoms with Crippen molar-refractivity contribution in [2.75, 3.05) is 5.32 Å². The quantitative estimate of drug-likeness (QED) is 0.416. The molecule has 0 saturated heterocycles. The smallest absolute Gasteiger partial charge is 0.0730 e. The fourth-order valence-corrected chi connectivity index (χ4v) is 3.30. The van der Waals surface area contributed by atoms with E-state index in [2.05, 4.69) is 71.0 Å². The molecule has 0 aliphatic carbocycles. The van der Waals surface area contributed by atoms with Crippen molar-refractivity contribution < 1.29 is 0 Å². The Hall–Kier alpha value is -3.33. The van der Waals surface area contributed by atoms with Gasteiger partial charge in [0.05, 0.1) is 16.7 Å². The topological polar surface area (TPSA) is 40.7 Å². The van der Waals surface area contributed by atoms with Crippen molar-refractivity contribution in [3.63, 3.8) is 0 Å². The van der Waals surface area contributed by atoms with E-state index in [-0.39, 0.29) is 0 Å². The van der Waals surface area contributed by atoms with Crippen molar-refractivity contribution >= 4 is 44.1 Å². The number of nitrogens with zero attached hydrogens (tertiary/aromatic N) is 1. The lowest BCUT2D eigenvalue weighted by atomic mass is 10.1. The fourth-order valence-electron chi connectivity index (χ4n) is 3.30. The Morgan fingerprint density at radius 1 is 0.667 bits per heavy atom.